The molecule has 0 unspecified atom stereocenters. The number of amides is 2. The molecule has 0 bridgehead atoms. The van der Waals surface area contributed by atoms with Crippen LogP contribution in [0.1, 0.15) is 17.4 Å². The third-order valence-electron chi connectivity index (χ3n) is 3.62. The Hall–Kier alpha value is -2.22. The maximum atomic E-state index is 12.1. The summed E-state index contributed by atoms with van der Waals surface area (Å²) < 4.78 is 0. The molecule has 0 spiro atoms. The first-order chi connectivity index (χ1) is 10.8. The quantitative estimate of drug-likeness (QED) is 0.860. The fraction of sp³-hybridized carbons (Fsp3) is 0.467. The van der Waals surface area contributed by atoms with E-state index in [9.17, 15) is 9.59 Å². The first kappa shape index (κ1) is 17.1. The second kappa shape index (κ2) is 6.91. The zero-order chi connectivity index (χ0) is 17.1. The number of nitrogens with one attached hydrogen (secondary N) is 2. The summed E-state index contributed by atoms with van der Waals surface area (Å²) in [4.78, 5) is 35.7. The average molecular weight is 335 g/mol. The molecule has 0 aromatic carbocycles. The topological polar surface area (TPSA) is 87.2 Å². The van der Waals surface area contributed by atoms with E-state index >= 15 is 0 Å². The third kappa shape index (κ3) is 3.76. The number of carbonyl (C=O) groups is 2. The van der Waals surface area contributed by atoms with E-state index in [2.05, 4.69) is 20.6 Å². The lowest BCUT2D eigenvalue weighted by atomic mass is 10.2. The van der Waals surface area contributed by atoms with Crippen LogP contribution in [-0.2, 0) is 9.59 Å². The van der Waals surface area contributed by atoms with Crippen molar-refractivity contribution in [3.05, 3.63) is 16.8 Å². The highest BCUT2D eigenvalue weighted by molar-refractivity contribution is 7.18. The molecule has 0 saturated heterocycles. The summed E-state index contributed by atoms with van der Waals surface area (Å²) in [6, 6.07) is -0.511. The minimum Gasteiger partial charge on any atom is -0.358 e. The molecule has 23 heavy (non-hydrogen) atoms. The predicted octanol–water partition coefficient (Wildman–Crippen LogP) is 1.31. The van der Waals surface area contributed by atoms with Gasteiger partial charge in [-0.1, -0.05) is 0 Å². The smallest absolute Gasteiger partial charge is 0.242 e. The van der Waals surface area contributed by atoms with Crippen LogP contribution in [0.5, 0.6) is 0 Å². The molecule has 0 aliphatic carbocycles. The fourth-order valence-electron chi connectivity index (χ4n) is 2.04. The summed E-state index contributed by atoms with van der Waals surface area (Å²) >= 11 is 1.60. The van der Waals surface area contributed by atoms with E-state index in [1.54, 1.807) is 32.4 Å². The van der Waals surface area contributed by atoms with Crippen LogP contribution >= 0.6 is 11.3 Å². The number of aromatic nitrogens is 2. The van der Waals surface area contributed by atoms with Gasteiger partial charge in [0, 0.05) is 19.0 Å². The molecule has 2 aromatic heterocycles. The lowest BCUT2D eigenvalue weighted by molar-refractivity contribution is -0.131. The Morgan fingerprint density at radius 3 is 2.65 bits per heavy atom. The van der Waals surface area contributed by atoms with Gasteiger partial charge in [0.2, 0.25) is 11.8 Å². The molecule has 7 nitrogen and oxygen atoms in total. The minimum absolute atomic E-state index is 0.0202. The number of hydrogen-bond donors (Lipinski definition) is 2. The van der Waals surface area contributed by atoms with Crippen LogP contribution in [0.3, 0.4) is 0 Å². The number of carbonyl (C=O) groups excluding carboxylic acids is 2. The first-order valence-corrected chi connectivity index (χ1v) is 8.08. The molecule has 0 fully saturated rings. The summed E-state index contributed by atoms with van der Waals surface area (Å²) in [5, 5.41) is 6.67. The van der Waals surface area contributed by atoms with Crippen LogP contribution in [0.15, 0.2) is 6.33 Å². The second-order valence-electron chi connectivity index (χ2n) is 5.56. The minimum atomic E-state index is -0.511. The molecule has 0 saturated carbocycles. The van der Waals surface area contributed by atoms with Crippen LogP contribution < -0.4 is 10.6 Å². The fourth-order valence-corrected chi connectivity index (χ4v) is 3.03. The Balaban J connectivity index is 2.10. The van der Waals surface area contributed by atoms with Gasteiger partial charge in [-0.05, 0) is 26.3 Å². The lowest BCUT2D eigenvalue weighted by Crippen LogP contribution is -2.42. The predicted molar refractivity (Wildman–Crippen MR) is 91.7 cm³/mol. The van der Waals surface area contributed by atoms with Gasteiger partial charge in [0.05, 0.1) is 11.9 Å². The molecule has 0 aliphatic rings. The van der Waals surface area contributed by atoms with E-state index in [1.807, 2.05) is 13.8 Å². The van der Waals surface area contributed by atoms with Gasteiger partial charge in [0.25, 0.3) is 0 Å². The van der Waals surface area contributed by atoms with Gasteiger partial charge in [0.1, 0.15) is 23.0 Å². The van der Waals surface area contributed by atoms with E-state index in [1.165, 1.54) is 16.1 Å². The Morgan fingerprint density at radius 1 is 1.30 bits per heavy atom. The molecule has 2 heterocycles. The van der Waals surface area contributed by atoms with Crippen molar-refractivity contribution in [2.45, 2.75) is 26.8 Å². The second-order valence-corrected chi connectivity index (χ2v) is 6.76. The van der Waals surface area contributed by atoms with Crippen LogP contribution in [0.2, 0.25) is 0 Å². The van der Waals surface area contributed by atoms with E-state index in [-0.39, 0.29) is 18.4 Å². The van der Waals surface area contributed by atoms with Gasteiger partial charge in [-0.2, -0.15) is 0 Å². The van der Waals surface area contributed by atoms with Crippen molar-refractivity contribution in [3.8, 4) is 0 Å². The van der Waals surface area contributed by atoms with Crippen molar-refractivity contribution in [1.29, 1.82) is 0 Å². The van der Waals surface area contributed by atoms with Gasteiger partial charge in [-0.25, -0.2) is 9.97 Å². The molecule has 0 radical (unpaired) electrons. The van der Waals surface area contributed by atoms with Gasteiger partial charge in [0.15, 0.2) is 0 Å². The van der Waals surface area contributed by atoms with E-state index < -0.39 is 6.04 Å². The maximum absolute atomic E-state index is 12.1. The van der Waals surface area contributed by atoms with E-state index in [4.69, 9.17) is 0 Å². The van der Waals surface area contributed by atoms with Crippen LogP contribution in [0, 0.1) is 13.8 Å². The summed E-state index contributed by atoms with van der Waals surface area (Å²) in [6.45, 7) is 5.77. The van der Waals surface area contributed by atoms with Crippen molar-refractivity contribution in [2.75, 3.05) is 26.0 Å². The van der Waals surface area contributed by atoms with Crippen molar-refractivity contribution in [3.63, 3.8) is 0 Å². The highest BCUT2D eigenvalue weighted by atomic mass is 32.1. The van der Waals surface area contributed by atoms with E-state index in [0.717, 1.165) is 15.8 Å². The van der Waals surface area contributed by atoms with Crippen molar-refractivity contribution in [2.24, 2.45) is 0 Å². The Kier molecular flexibility index (Phi) is 5.15. The SMILES string of the molecule is Cc1sc2ncnc(N[C@H](C)C(=O)NCC(=O)N(C)C)c2c1C. The van der Waals surface area contributed by atoms with Crippen LogP contribution in [0.25, 0.3) is 10.2 Å². The van der Waals surface area contributed by atoms with E-state index in [0.29, 0.717) is 5.82 Å². The molecule has 0 aliphatic heterocycles. The van der Waals surface area contributed by atoms with Gasteiger partial charge in [-0.15, -0.1) is 11.3 Å². The summed E-state index contributed by atoms with van der Waals surface area (Å²) in [7, 11) is 3.30. The molecule has 1 atom stereocenters. The number of fused-ring (bicyclic) bond motifs is 1. The number of nitrogens with zero attached hydrogens (tertiary/aromatic N) is 3. The molecule has 2 N–H and O–H groups in total. The molecule has 2 aromatic rings. The molecule has 124 valence electrons. The monoisotopic (exact) mass is 335 g/mol. The number of hydrogen-bond acceptors (Lipinski definition) is 6. The molecule has 2 amide bonds. The Labute approximate surface area is 139 Å². The first-order valence-electron chi connectivity index (χ1n) is 7.26. The highest BCUT2D eigenvalue weighted by Crippen LogP contribution is 2.32. The van der Waals surface area contributed by atoms with Crippen molar-refractivity contribution in [1.82, 2.24) is 20.2 Å². The maximum Gasteiger partial charge on any atom is 0.242 e. The average Bonchev–Trinajstić information content (AvgIpc) is 2.80. The zero-order valence-electron chi connectivity index (χ0n) is 13.9. The number of aryl methyl sites for hydroxylation is 2. The Bertz CT molecular complexity index is 741. The van der Waals surface area contributed by atoms with Crippen LogP contribution in [0.4, 0.5) is 5.82 Å². The number of thiophene rings is 1. The lowest BCUT2D eigenvalue weighted by Gasteiger charge is -2.16. The highest BCUT2D eigenvalue weighted by Gasteiger charge is 2.18. The zero-order valence-corrected chi connectivity index (χ0v) is 14.7. The van der Waals surface area contributed by atoms with Crippen molar-refractivity contribution >= 4 is 39.2 Å². The summed E-state index contributed by atoms with van der Waals surface area (Å²) in [5.41, 5.74) is 1.11. The summed E-state index contributed by atoms with van der Waals surface area (Å²) in [5.74, 6) is 0.231. The summed E-state index contributed by atoms with van der Waals surface area (Å²) in [6.07, 6.45) is 1.49. The Morgan fingerprint density at radius 2 is 2.00 bits per heavy atom. The number of likely N-dealkylation sites (N-methyl/N-ethyl adjacent to an activating group) is 1. The normalized spacial score (nSPS) is 12.0. The molecule has 8 heteroatoms. The third-order valence-corrected chi connectivity index (χ3v) is 4.74. The molecular weight excluding hydrogens is 314 g/mol. The van der Waals surface area contributed by atoms with Gasteiger partial charge >= 0.3 is 0 Å². The number of rotatable bonds is 5. The molecule has 2 rings (SSSR count). The van der Waals surface area contributed by atoms with Gasteiger partial charge < -0.3 is 15.5 Å². The number of anilines is 1. The van der Waals surface area contributed by atoms with Crippen molar-refractivity contribution < 1.29 is 9.59 Å². The van der Waals surface area contributed by atoms with Gasteiger partial charge in [-0.3, -0.25) is 9.59 Å². The van der Waals surface area contributed by atoms with Crippen LogP contribution in [-0.4, -0.2) is 53.4 Å². The molecular formula is C15H21N5O2S. The largest absolute Gasteiger partial charge is 0.358 e. The standard InChI is InChI=1S/C15H21N5O2S/c1-8-10(3)23-15-12(8)13(17-7-18-15)19-9(2)14(22)16-6-11(21)20(4)5/h7,9H,6H2,1-5H3,(H,16,22)(H,17,18,19)/t9-/m1/s1.